The molecule has 1 aromatic heterocycles. The predicted octanol–water partition coefficient (Wildman–Crippen LogP) is 2.68. The van der Waals surface area contributed by atoms with Crippen LogP contribution in [0.5, 0.6) is 0 Å². The van der Waals surface area contributed by atoms with Gasteiger partial charge in [-0.15, -0.1) is 0 Å². The molecular weight excluding hydrogens is 347 g/mol. The number of fused-ring (bicyclic) bond motifs is 1. The molecule has 1 heterocycles. The van der Waals surface area contributed by atoms with Gasteiger partial charge in [-0.2, -0.15) is 13.2 Å². The third kappa shape index (κ3) is 3.13. The van der Waals surface area contributed by atoms with Crippen LogP contribution in [0.25, 0.3) is 11.0 Å². The SMILES string of the molecule is O=c1[nH]c2ccc(NS(=O)(=O)c3cccc(C(F)(F)F)c3)cc2[nH]1. The second kappa shape index (κ2) is 5.41. The lowest BCUT2D eigenvalue weighted by Gasteiger charge is -2.11. The van der Waals surface area contributed by atoms with E-state index < -0.39 is 32.3 Å². The van der Waals surface area contributed by atoms with Crippen LogP contribution in [0, 0.1) is 0 Å². The van der Waals surface area contributed by atoms with Crippen molar-refractivity contribution >= 4 is 26.7 Å². The highest BCUT2D eigenvalue weighted by atomic mass is 32.2. The number of hydrogen-bond acceptors (Lipinski definition) is 3. The highest BCUT2D eigenvalue weighted by Gasteiger charge is 2.31. The molecule has 3 aromatic rings. The molecule has 10 heteroatoms. The molecule has 0 saturated carbocycles. The summed E-state index contributed by atoms with van der Waals surface area (Å²) in [5, 5.41) is 0. The Balaban J connectivity index is 1.96. The van der Waals surface area contributed by atoms with Gasteiger partial charge in [-0.05, 0) is 36.4 Å². The van der Waals surface area contributed by atoms with Crippen LogP contribution in [0.1, 0.15) is 5.56 Å². The maximum Gasteiger partial charge on any atom is 0.416 e. The van der Waals surface area contributed by atoms with Crippen LogP contribution < -0.4 is 10.4 Å². The quantitative estimate of drug-likeness (QED) is 0.673. The van der Waals surface area contributed by atoms with Crippen LogP contribution in [0.2, 0.25) is 0 Å². The topological polar surface area (TPSA) is 94.8 Å². The fourth-order valence-electron chi connectivity index (χ4n) is 2.15. The van der Waals surface area contributed by atoms with E-state index in [4.69, 9.17) is 0 Å². The molecule has 2 aromatic carbocycles. The van der Waals surface area contributed by atoms with Gasteiger partial charge in [0.1, 0.15) is 0 Å². The molecule has 0 aliphatic rings. The Morgan fingerprint density at radius 1 is 0.958 bits per heavy atom. The number of sulfonamides is 1. The number of rotatable bonds is 3. The molecule has 0 atom stereocenters. The van der Waals surface area contributed by atoms with E-state index in [1.165, 1.54) is 18.2 Å². The van der Waals surface area contributed by atoms with Gasteiger partial charge in [0, 0.05) is 0 Å². The average Bonchev–Trinajstić information content (AvgIpc) is 2.85. The zero-order valence-electron chi connectivity index (χ0n) is 11.8. The van der Waals surface area contributed by atoms with Gasteiger partial charge < -0.3 is 9.97 Å². The van der Waals surface area contributed by atoms with E-state index >= 15 is 0 Å². The molecule has 0 spiro atoms. The second-order valence-electron chi connectivity index (χ2n) is 4.97. The molecule has 0 fully saturated rings. The number of aromatic amines is 2. The fraction of sp³-hybridized carbons (Fsp3) is 0.0714. The monoisotopic (exact) mass is 357 g/mol. The van der Waals surface area contributed by atoms with Crippen LogP contribution >= 0.6 is 0 Å². The molecule has 0 aliphatic heterocycles. The molecule has 3 rings (SSSR count). The molecular formula is C14H10F3N3O3S. The Morgan fingerprint density at radius 3 is 2.38 bits per heavy atom. The zero-order valence-corrected chi connectivity index (χ0v) is 12.6. The van der Waals surface area contributed by atoms with Crippen molar-refractivity contribution in [2.24, 2.45) is 0 Å². The molecule has 0 aliphatic carbocycles. The fourth-order valence-corrected chi connectivity index (χ4v) is 3.24. The Bertz CT molecular complexity index is 1070. The van der Waals surface area contributed by atoms with E-state index in [1.807, 2.05) is 0 Å². The van der Waals surface area contributed by atoms with E-state index in [2.05, 4.69) is 14.7 Å². The number of aromatic nitrogens is 2. The first-order chi connectivity index (χ1) is 11.1. The summed E-state index contributed by atoms with van der Waals surface area (Å²) in [5.74, 6) is 0. The largest absolute Gasteiger partial charge is 0.416 e. The van der Waals surface area contributed by atoms with Crippen LogP contribution in [-0.2, 0) is 16.2 Å². The number of alkyl halides is 3. The second-order valence-corrected chi connectivity index (χ2v) is 6.65. The average molecular weight is 357 g/mol. The van der Waals surface area contributed by atoms with Gasteiger partial charge in [0.15, 0.2) is 0 Å². The Labute approximate surface area is 133 Å². The van der Waals surface area contributed by atoms with Crippen molar-refractivity contribution in [3.05, 3.63) is 58.5 Å². The summed E-state index contributed by atoms with van der Waals surface area (Å²) < 4.78 is 64.8. The summed E-state index contributed by atoms with van der Waals surface area (Å²) in [6.45, 7) is 0. The third-order valence-corrected chi connectivity index (χ3v) is 4.62. The summed E-state index contributed by atoms with van der Waals surface area (Å²) in [6.07, 6.45) is -4.64. The van der Waals surface area contributed by atoms with Crippen molar-refractivity contribution in [1.29, 1.82) is 0 Å². The summed E-state index contributed by atoms with van der Waals surface area (Å²) in [6, 6.07) is 7.64. The van der Waals surface area contributed by atoms with Gasteiger partial charge >= 0.3 is 11.9 Å². The van der Waals surface area contributed by atoms with E-state index in [0.29, 0.717) is 17.1 Å². The molecule has 0 amide bonds. The number of halogens is 3. The summed E-state index contributed by atoms with van der Waals surface area (Å²) in [4.78, 5) is 15.6. The number of hydrogen-bond donors (Lipinski definition) is 3. The van der Waals surface area contributed by atoms with E-state index in [0.717, 1.165) is 18.2 Å². The Kier molecular flexibility index (Phi) is 3.63. The molecule has 3 N–H and O–H groups in total. The summed E-state index contributed by atoms with van der Waals surface area (Å²) >= 11 is 0. The predicted molar refractivity (Wildman–Crippen MR) is 81.2 cm³/mol. The first-order valence-corrected chi connectivity index (χ1v) is 8.06. The van der Waals surface area contributed by atoms with Gasteiger partial charge in [0.2, 0.25) is 0 Å². The normalized spacial score (nSPS) is 12.5. The number of nitrogens with one attached hydrogen (secondary N) is 3. The zero-order chi connectivity index (χ0) is 17.5. The van der Waals surface area contributed by atoms with E-state index in [9.17, 15) is 26.4 Å². The molecule has 0 unspecified atom stereocenters. The van der Waals surface area contributed by atoms with Crippen LogP contribution in [0.3, 0.4) is 0 Å². The molecule has 0 bridgehead atoms. The maximum absolute atomic E-state index is 12.7. The van der Waals surface area contributed by atoms with Gasteiger partial charge in [0.05, 0.1) is 27.2 Å². The van der Waals surface area contributed by atoms with Crippen molar-refractivity contribution in [2.45, 2.75) is 11.1 Å². The van der Waals surface area contributed by atoms with Crippen molar-refractivity contribution in [2.75, 3.05) is 4.72 Å². The lowest BCUT2D eigenvalue weighted by molar-refractivity contribution is -0.137. The van der Waals surface area contributed by atoms with Gasteiger partial charge in [0.25, 0.3) is 10.0 Å². The lowest BCUT2D eigenvalue weighted by Crippen LogP contribution is -2.14. The summed E-state index contributed by atoms with van der Waals surface area (Å²) in [5.41, 5.74) is -0.569. The van der Waals surface area contributed by atoms with Crippen LogP contribution in [-0.4, -0.2) is 18.4 Å². The van der Waals surface area contributed by atoms with Crippen LogP contribution in [0.4, 0.5) is 18.9 Å². The highest BCUT2D eigenvalue weighted by Crippen LogP contribution is 2.31. The lowest BCUT2D eigenvalue weighted by atomic mass is 10.2. The molecule has 0 saturated heterocycles. The maximum atomic E-state index is 12.7. The van der Waals surface area contributed by atoms with Crippen molar-refractivity contribution < 1.29 is 21.6 Å². The molecule has 24 heavy (non-hydrogen) atoms. The number of anilines is 1. The minimum absolute atomic E-state index is 0.107. The third-order valence-electron chi connectivity index (χ3n) is 3.24. The standard InChI is InChI=1S/C14H10F3N3O3S/c15-14(16,17)8-2-1-3-10(6-8)24(22,23)20-9-4-5-11-12(7-9)19-13(21)18-11/h1-7,20H,(H2,18,19,21). The minimum Gasteiger partial charge on any atom is -0.306 e. The summed E-state index contributed by atoms with van der Waals surface area (Å²) in [7, 11) is -4.21. The van der Waals surface area contributed by atoms with Crippen molar-refractivity contribution in [3.63, 3.8) is 0 Å². The van der Waals surface area contributed by atoms with E-state index in [-0.39, 0.29) is 5.69 Å². The number of benzene rings is 2. The highest BCUT2D eigenvalue weighted by molar-refractivity contribution is 7.92. The van der Waals surface area contributed by atoms with Crippen molar-refractivity contribution in [1.82, 2.24) is 9.97 Å². The van der Waals surface area contributed by atoms with E-state index in [1.54, 1.807) is 0 Å². The molecule has 6 nitrogen and oxygen atoms in total. The minimum atomic E-state index is -4.64. The van der Waals surface area contributed by atoms with Gasteiger partial charge in [-0.3, -0.25) is 4.72 Å². The van der Waals surface area contributed by atoms with Gasteiger partial charge in [-0.1, -0.05) is 6.07 Å². The first-order valence-electron chi connectivity index (χ1n) is 6.57. The Hall–Kier alpha value is -2.75. The first kappa shape index (κ1) is 16.1. The molecule has 0 radical (unpaired) electrons. The molecule has 126 valence electrons. The van der Waals surface area contributed by atoms with Crippen LogP contribution in [0.15, 0.2) is 52.2 Å². The smallest absolute Gasteiger partial charge is 0.306 e. The number of imidazole rings is 1. The Morgan fingerprint density at radius 2 is 1.67 bits per heavy atom. The number of H-pyrrole nitrogens is 2. The van der Waals surface area contributed by atoms with Crippen molar-refractivity contribution in [3.8, 4) is 0 Å². The van der Waals surface area contributed by atoms with Gasteiger partial charge in [-0.25, -0.2) is 13.2 Å².